The zero-order valence-corrected chi connectivity index (χ0v) is 11.8. The van der Waals surface area contributed by atoms with E-state index in [9.17, 15) is 4.39 Å². The second-order valence-corrected chi connectivity index (χ2v) is 4.91. The molecule has 0 bridgehead atoms. The van der Waals surface area contributed by atoms with E-state index in [1.54, 1.807) is 6.07 Å². The number of halogens is 1. The summed E-state index contributed by atoms with van der Waals surface area (Å²) in [6, 6.07) is 9.42. The van der Waals surface area contributed by atoms with Gasteiger partial charge >= 0.3 is 0 Å². The normalized spacial score (nSPS) is 12.6. The van der Waals surface area contributed by atoms with E-state index in [0.29, 0.717) is 12.6 Å². The Kier molecular flexibility index (Phi) is 4.38. The van der Waals surface area contributed by atoms with E-state index in [4.69, 9.17) is 0 Å². The maximum atomic E-state index is 13.3. The zero-order valence-electron chi connectivity index (χ0n) is 11.8. The van der Waals surface area contributed by atoms with Gasteiger partial charge in [-0.1, -0.05) is 13.0 Å². The first-order chi connectivity index (χ1) is 9.11. The van der Waals surface area contributed by atoms with Gasteiger partial charge in [-0.2, -0.15) is 0 Å². The second kappa shape index (κ2) is 6.02. The van der Waals surface area contributed by atoms with Gasteiger partial charge in [-0.15, -0.1) is 0 Å². The van der Waals surface area contributed by atoms with Crippen LogP contribution in [-0.4, -0.2) is 11.1 Å². The fourth-order valence-corrected chi connectivity index (χ4v) is 2.37. The van der Waals surface area contributed by atoms with E-state index in [2.05, 4.69) is 29.8 Å². The van der Waals surface area contributed by atoms with Gasteiger partial charge in [-0.05, 0) is 55.8 Å². The van der Waals surface area contributed by atoms with Crippen molar-refractivity contribution in [2.75, 3.05) is 6.54 Å². The van der Waals surface area contributed by atoms with Crippen molar-refractivity contribution in [3.63, 3.8) is 0 Å². The lowest BCUT2D eigenvalue weighted by Gasteiger charge is -2.17. The van der Waals surface area contributed by atoms with Crippen LogP contribution in [0, 0.1) is 12.7 Å². The summed E-state index contributed by atoms with van der Waals surface area (Å²) >= 11 is 0. The maximum absolute atomic E-state index is 13.3. The number of aryl methyl sites for hydroxylation is 1. The fourth-order valence-electron chi connectivity index (χ4n) is 2.37. The van der Waals surface area contributed by atoms with Crippen LogP contribution in [0.5, 0.6) is 0 Å². The molecular weight excluding hydrogens is 239 g/mol. The summed E-state index contributed by atoms with van der Waals surface area (Å²) in [6.45, 7) is 7.91. The van der Waals surface area contributed by atoms with E-state index in [-0.39, 0.29) is 5.82 Å². The van der Waals surface area contributed by atoms with Gasteiger partial charge in [0, 0.05) is 24.5 Å². The average molecular weight is 260 g/mol. The van der Waals surface area contributed by atoms with Crippen LogP contribution in [0.1, 0.15) is 36.7 Å². The lowest BCUT2D eigenvalue weighted by molar-refractivity contribution is 0.552. The summed E-state index contributed by atoms with van der Waals surface area (Å²) < 4.78 is 15.5. The molecule has 1 unspecified atom stereocenters. The molecule has 2 rings (SSSR count). The number of nitrogens with one attached hydrogen (secondary N) is 1. The van der Waals surface area contributed by atoms with E-state index in [1.165, 1.54) is 11.8 Å². The van der Waals surface area contributed by atoms with Crippen molar-refractivity contribution in [2.24, 2.45) is 0 Å². The minimum atomic E-state index is -0.172. The van der Waals surface area contributed by atoms with Crippen molar-refractivity contribution in [2.45, 2.75) is 33.4 Å². The van der Waals surface area contributed by atoms with Crippen molar-refractivity contribution in [1.82, 2.24) is 9.88 Å². The SMILES string of the molecule is CCNC(C)c1cccn1Cc1cc(F)ccc1C. The van der Waals surface area contributed by atoms with Gasteiger partial charge in [0.1, 0.15) is 5.82 Å². The molecule has 1 aromatic carbocycles. The quantitative estimate of drug-likeness (QED) is 0.868. The van der Waals surface area contributed by atoms with Crippen LogP contribution in [0.4, 0.5) is 4.39 Å². The first-order valence-corrected chi connectivity index (χ1v) is 6.75. The molecule has 1 N–H and O–H groups in total. The minimum Gasteiger partial charge on any atom is -0.346 e. The minimum absolute atomic E-state index is 0.172. The van der Waals surface area contributed by atoms with Crippen LogP contribution in [-0.2, 0) is 6.54 Å². The van der Waals surface area contributed by atoms with Crippen molar-refractivity contribution in [3.05, 3.63) is 59.2 Å². The van der Waals surface area contributed by atoms with Crippen LogP contribution in [0.2, 0.25) is 0 Å². The topological polar surface area (TPSA) is 17.0 Å². The largest absolute Gasteiger partial charge is 0.346 e. The highest BCUT2D eigenvalue weighted by Crippen LogP contribution is 2.17. The Bertz CT molecular complexity index is 545. The van der Waals surface area contributed by atoms with Gasteiger partial charge < -0.3 is 9.88 Å². The lowest BCUT2D eigenvalue weighted by atomic mass is 10.1. The first-order valence-electron chi connectivity index (χ1n) is 6.75. The molecule has 2 nitrogen and oxygen atoms in total. The van der Waals surface area contributed by atoms with Gasteiger partial charge in [0.05, 0.1) is 0 Å². The van der Waals surface area contributed by atoms with E-state index in [0.717, 1.165) is 17.7 Å². The first kappa shape index (κ1) is 13.8. The van der Waals surface area contributed by atoms with Crippen LogP contribution in [0.3, 0.4) is 0 Å². The molecule has 2 aromatic rings. The smallest absolute Gasteiger partial charge is 0.123 e. The summed E-state index contributed by atoms with van der Waals surface area (Å²) in [7, 11) is 0. The number of rotatable bonds is 5. The fraction of sp³-hybridized carbons (Fsp3) is 0.375. The Morgan fingerprint density at radius 3 is 2.84 bits per heavy atom. The molecule has 0 radical (unpaired) electrons. The third-order valence-corrected chi connectivity index (χ3v) is 3.47. The number of hydrogen-bond acceptors (Lipinski definition) is 1. The molecule has 0 aliphatic carbocycles. The van der Waals surface area contributed by atoms with E-state index >= 15 is 0 Å². The second-order valence-electron chi connectivity index (χ2n) is 4.91. The Labute approximate surface area is 114 Å². The Hall–Kier alpha value is -1.61. The zero-order chi connectivity index (χ0) is 13.8. The number of benzene rings is 1. The van der Waals surface area contributed by atoms with E-state index < -0.39 is 0 Å². The standard InChI is InChI=1S/C16H21FN2/c1-4-18-13(3)16-6-5-9-19(16)11-14-10-15(17)8-7-12(14)2/h5-10,13,18H,4,11H2,1-3H3. The molecule has 0 spiro atoms. The van der Waals surface area contributed by atoms with E-state index in [1.807, 2.05) is 25.3 Å². The number of aromatic nitrogens is 1. The van der Waals surface area contributed by atoms with Crippen molar-refractivity contribution in [1.29, 1.82) is 0 Å². The van der Waals surface area contributed by atoms with Crippen molar-refractivity contribution < 1.29 is 4.39 Å². The van der Waals surface area contributed by atoms with Crippen molar-refractivity contribution >= 4 is 0 Å². The molecule has 0 saturated heterocycles. The highest BCUT2D eigenvalue weighted by molar-refractivity contribution is 5.28. The molecular formula is C16H21FN2. The summed E-state index contributed by atoms with van der Waals surface area (Å²) in [5, 5.41) is 3.41. The maximum Gasteiger partial charge on any atom is 0.123 e. The van der Waals surface area contributed by atoms with Gasteiger partial charge in [-0.3, -0.25) is 0 Å². The molecule has 0 aliphatic rings. The molecule has 102 valence electrons. The summed E-state index contributed by atoms with van der Waals surface area (Å²) in [5.74, 6) is -0.172. The Morgan fingerprint density at radius 1 is 1.32 bits per heavy atom. The molecule has 1 heterocycles. The Balaban J connectivity index is 2.24. The highest BCUT2D eigenvalue weighted by atomic mass is 19.1. The summed E-state index contributed by atoms with van der Waals surface area (Å²) in [6.07, 6.45) is 2.05. The van der Waals surface area contributed by atoms with Crippen LogP contribution in [0.25, 0.3) is 0 Å². The third kappa shape index (κ3) is 3.24. The molecule has 1 aromatic heterocycles. The predicted octanol–water partition coefficient (Wildman–Crippen LogP) is 3.65. The van der Waals surface area contributed by atoms with Crippen molar-refractivity contribution in [3.8, 4) is 0 Å². The Morgan fingerprint density at radius 2 is 2.11 bits per heavy atom. The molecule has 0 fully saturated rings. The molecule has 1 atom stereocenters. The van der Waals surface area contributed by atoms with Gasteiger partial charge in [0.25, 0.3) is 0 Å². The monoisotopic (exact) mass is 260 g/mol. The van der Waals surface area contributed by atoms with Gasteiger partial charge in [-0.25, -0.2) is 4.39 Å². The van der Waals surface area contributed by atoms with Gasteiger partial charge in [0.2, 0.25) is 0 Å². The van der Waals surface area contributed by atoms with Crippen LogP contribution < -0.4 is 5.32 Å². The molecule has 0 amide bonds. The molecule has 19 heavy (non-hydrogen) atoms. The predicted molar refractivity (Wildman–Crippen MR) is 76.8 cm³/mol. The third-order valence-electron chi connectivity index (χ3n) is 3.47. The van der Waals surface area contributed by atoms with Gasteiger partial charge in [0.15, 0.2) is 0 Å². The summed E-state index contributed by atoms with van der Waals surface area (Å²) in [5.41, 5.74) is 3.38. The molecule has 3 heteroatoms. The average Bonchev–Trinajstić information content (AvgIpc) is 2.82. The molecule has 0 saturated carbocycles. The highest BCUT2D eigenvalue weighted by Gasteiger charge is 2.10. The summed E-state index contributed by atoms with van der Waals surface area (Å²) in [4.78, 5) is 0. The number of nitrogens with zero attached hydrogens (tertiary/aromatic N) is 1. The van der Waals surface area contributed by atoms with Crippen LogP contribution >= 0.6 is 0 Å². The molecule has 0 aliphatic heterocycles. The lowest BCUT2D eigenvalue weighted by Crippen LogP contribution is -2.21. The van der Waals surface area contributed by atoms with Crippen LogP contribution in [0.15, 0.2) is 36.5 Å². The number of hydrogen-bond donors (Lipinski definition) is 1.